The molecule has 1 aliphatic carbocycles. The number of hydrogen-bond acceptors (Lipinski definition) is 6. The van der Waals surface area contributed by atoms with E-state index < -0.39 is 17.0 Å². The van der Waals surface area contributed by atoms with Gasteiger partial charge in [-0.15, -0.1) is 0 Å². The fourth-order valence-corrected chi connectivity index (χ4v) is 4.22. The van der Waals surface area contributed by atoms with Crippen LogP contribution in [-0.4, -0.2) is 62.3 Å². The van der Waals surface area contributed by atoms with Crippen LogP contribution in [0.5, 0.6) is 5.75 Å². The zero-order valence-electron chi connectivity index (χ0n) is 16.7. The molecule has 1 spiro atoms. The van der Waals surface area contributed by atoms with Gasteiger partial charge in [-0.1, -0.05) is 12.1 Å². The first-order chi connectivity index (χ1) is 13.4. The number of ether oxygens (including phenoxy) is 2. The molecule has 1 atom stereocenters. The van der Waals surface area contributed by atoms with Crippen LogP contribution in [0.25, 0.3) is 0 Å². The summed E-state index contributed by atoms with van der Waals surface area (Å²) in [5.41, 5.74) is -1.61. The molecule has 3 rings (SSSR count). The van der Waals surface area contributed by atoms with E-state index in [0.717, 1.165) is 17.7 Å². The normalized spacial score (nSPS) is 24.5. The van der Waals surface area contributed by atoms with Crippen molar-refractivity contribution in [2.75, 3.05) is 28.3 Å². The summed E-state index contributed by atoms with van der Waals surface area (Å²) in [4.78, 5) is 25.1. The molecule has 1 amide bonds. The van der Waals surface area contributed by atoms with Crippen molar-refractivity contribution in [2.24, 2.45) is 0 Å². The van der Waals surface area contributed by atoms with Gasteiger partial charge in [-0.2, -0.15) is 0 Å². The van der Waals surface area contributed by atoms with E-state index in [1.54, 1.807) is 31.2 Å². The first kappa shape index (κ1) is 20.3. The highest BCUT2D eigenvalue weighted by Gasteiger charge is 2.65. The highest BCUT2D eigenvalue weighted by molar-refractivity contribution is 6.00. The number of benzene rings is 1. The van der Waals surface area contributed by atoms with Crippen molar-refractivity contribution in [1.82, 2.24) is 15.5 Å². The smallest absolute Gasteiger partial charge is 0.211 e. The fraction of sp³-hybridized carbons (Fsp3) is 0.429. The van der Waals surface area contributed by atoms with Crippen LogP contribution >= 0.6 is 0 Å². The largest absolute Gasteiger partial charge is 0.497 e. The number of methoxy groups -OCH3 is 1. The molecule has 1 saturated heterocycles. The fourth-order valence-electron chi connectivity index (χ4n) is 4.22. The van der Waals surface area contributed by atoms with E-state index in [1.165, 1.54) is 12.2 Å². The number of rotatable bonds is 7. The summed E-state index contributed by atoms with van der Waals surface area (Å²) in [5, 5.41) is 6.69. The average Bonchev–Trinajstić information content (AvgIpc) is 3.01. The Bertz CT molecular complexity index is 782. The summed E-state index contributed by atoms with van der Waals surface area (Å²) in [5.74, 6) is 0.681. The van der Waals surface area contributed by atoms with Crippen LogP contribution in [0.4, 0.5) is 0 Å². The molecule has 7 heteroatoms. The topological polar surface area (TPSA) is 79.9 Å². The molecule has 1 aromatic carbocycles. The van der Waals surface area contributed by atoms with Crippen molar-refractivity contribution >= 4 is 12.2 Å². The van der Waals surface area contributed by atoms with E-state index in [1.807, 2.05) is 38.4 Å². The summed E-state index contributed by atoms with van der Waals surface area (Å²) in [6.45, 7) is 0. The molecule has 0 aromatic heterocycles. The predicted octanol–water partition coefficient (Wildman–Crippen LogP) is 1.01. The van der Waals surface area contributed by atoms with Crippen LogP contribution in [0, 0.1) is 0 Å². The number of carbonyl (C=O) groups is 2. The van der Waals surface area contributed by atoms with Gasteiger partial charge in [0.05, 0.1) is 7.11 Å². The maximum Gasteiger partial charge on any atom is 0.211 e. The number of allylic oxidation sites excluding steroid dienone is 2. The van der Waals surface area contributed by atoms with E-state index in [-0.39, 0.29) is 5.78 Å². The van der Waals surface area contributed by atoms with Crippen LogP contribution in [0.3, 0.4) is 0 Å². The van der Waals surface area contributed by atoms with Gasteiger partial charge in [0, 0.05) is 19.9 Å². The van der Waals surface area contributed by atoms with Gasteiger partial charge >= 0.3 is 0 Å². The highest BCUT2D eigenvalue weighted by atomic mass is 16.6. The SMILES string of the molecule is CNC1(NC)CC2(C=CC(=O)C=C2)OC1(Cc1ccc(OC)cc1)N(C)C=O. The lowest BCUT2D eigenvalue weighted by Crippen LogP contribution is -2.73. The molecule has 150 valence electrons. The number of nitrogens with one attached hydrogen (secondary N) is 2. The Morgan fingerprint density at radius 3 is 2.29 bits per heavy atom. The molecule has 0 radical (unpaired) electrons. The lowest BCUT2D eigenvalue weighted by molar-refractivity contribution is -0.182. The molecule has 1 aromatic rings. The van der Waals surface area contributed by atoms with Gasteiger partial charge in [-0.25, -0.2) is 0 Å². The third kappa shape index (κ3) is 3.15. The first-order valence-corrected chi connectivity index (χ1v) is 9.20. The van der Waals surface area contributed by atoms with E-state index in [2.05, 4.69) is 10.6 Å². The van der Waals surface area contributed by atoms with Gasteiger partial charge in [0.2, 0.25) is 6.41 Å². The molecule has 7 nitrogen and oxygen atoms in total. The van der Waals surface area contributed by atoms with Gasteiger partial charge in [0.25, 0.3) is 0 Å². The monoisotopic (exact) mass is 385 g/mol. The molecule has 1 aliphatic heterocycles. The molecule has 0 saturated carbocycles. The Labute approximate surface area is 165 Å². The maximum absolute atomic E-state index is 11.9. The zero-order chi connectivity index (χ0) is 20.4. The number of nitrogens with zero attached hydrogens (tertiary/aromatic N) is 1. The van der Waals surface area contributed by atoms with Crippen molar-refractivity contribution in [1.29, 1.82) is 0 Å². The standard InChI is InChI=1S/C21H27N3O4/c1-22-20(23-2)14-19(11-9-17(26)10-12-19)28-21(20,24(3)15-25)13-16-5-7-18(27-4)8-6-16/h5-12,15,22-23H,13-14H2,1-4H3. The predicted molar refractivity (Wildman–Crippen MR) is 106 cm³/mol. The van der Waals surface area contributed by atoms with Crippen molar-refractivity contribution in [3.8, 4) is 5.75 Å². The molecule has 28 heavy (non-hydrogen) atoms. The summed E-state index contributed by atoms with van der Waals surface area (Å²) in [6.07, 6.45) is 8.28. The molecule has 1 heterocycles. The highest BCUT2D eigenvalue weighted by Crippen LogP contribution is 2.49. The Morgan fingerprint density at radius 1 is 1.18 bits per heavy atom. The second-order valence-corrected chi connectivity index (χ2v) is 7.23. The maximum atomic E-state index is 11.9. The Kier molecular flexibility index (Phi) is 5.43. The quantitative estimate of drug-likeness (QED) is 0.539. The van der Waals surface area contributed by atoms with Crippen LogP contribution in [0.15, 0.2) is 48.6 Å². The minimum Gasteiger partial charge on any atom is -0.497 e. The Morgan fingerprint density at radius 2 is 1.79 bits per heavy atom. The second-order valence-electron chi connectivity index (χ2n) is 7.23. The van der Waals surface area contributed by atoms with Crippen molar-refractivity contribution in [3.63, 3.8) is 0 Å². The third-order valence-electron chi connectivity index (χ3n) is 5.81. The van der Waals surface area contributed by atoms with Crippen LogP contribution in [0.1, 0.15) is 12.0 Å². The Hall–Kier alpha value is -2.48. The zero-order valence-corrected chi connectivity index (χ0v) is 16.7. The van der Waals surface area contributed by atoms with Crippen molar-refractivity contribution in [3.05, 3.63) is 54.1 Å². The summed E-state index contributed by atoms with van der Waals surface area (Å²) >= 11 is 0. The third-order valence-corrected chi connectivity index (χ3v) is 5.81. The van der Waals surface area contributed by atoms with Crippen molar-refractivity contribution in [2.45, 2.75) is 29.8 Å². The Balaban J connectivity index is 2.09. The van der Waals surface area contributed by atoms with Gasteiger partial charge in [-0.3, -0.25) is 20.2 Å². The summed E-state index contributed by atoms with van der Waals surface area (Å²) in [6, 6.07) is 7.68. The molecule has 2 aliphatic rings. The first-order valence-electron chi connectivity index (χ1n) is 9.20. The molecule has 2 N–H and O–H groups in total. The van der Waals surface area contributed by atoms with Crippen LogP contribution < -0.4 is 15.4 Å². The van der Waals surface area contributed by atoms with E-state index in [4.69, 9.17) is 9.47 Å². The minimum atomic E-state index is -1.04. The average molecular weight is 385 g/mol. The molecule has 1 unspecified atom stereocenters. The van der Waals surface area contributed by atoms with Gasteiger partial charge in [0.1, 0.15) is 17.0 Å². The van der Waals surface area contributed by atoms with E-state index in [0.29, 0.717) is 12.8 Å². The van der Waals surface area contributed by atoms with Gasteiger partial charge in [-0.05, 0) is 56.1 Å². The minimum absolute atomic E-state index is 0.0786. The van der Waals surface area contributed by atoms with Gasteiger partial charge in [0.15, 0.2) is 11.5 Å². The van der Waals surface area contributed by atoms with Gasteiger partial charge < -0.3 is 14.4 Å². The van der Waals surface area contributed by atoms with Crippen LogP contribution in [-0.2, 0) is 20.7 Å². The van der Waals surface area contributed by atoms with Crippen molar-refractivity contribution < 1.29 is 19.1 Å². The summed E-state index contributed by atoms with van der Waals surface area (Å²) < 4.78 is 11.9. The van der Waals surface area contributed by atoms with E-state index in [9.17, 15) is 9.59 Å². The second kappa shape index (κ2) is 7.50. The molecule has 0 bridgehead atoms. The number of hydrogen-bond donors (Lipinski definition) is 2. The lowest BCUT2D eigenvalue weighted by Gasteiger charge is -2.48. The lowest BCUT2D eigenvalue weighted by atomic mass is 9.83. The number of likely N-dealkylation sites (N-methyl/N-ethyl adjacent to an activating group) is 3. The molecular formula is C21H27N3O4. The number of carbonyl (C=O) groups excluding carboxylic acids is 2. The number of ketones is 1. The van der Waals surface area contributed by atoms with Crippen LogP contribution in [0.2, 0.25) is 0 Å². The molecular weight excluding hydrogens is 358 g/mol. The molecule has 1 fully saturated rings. The summed E-state index contributed by atoms with van der Waals surface area (Å²) in [7, 11) is 7.00. The van der Waals surface area contributed by atoms with E-state index >= 15 is 0 Å². The number of amides is 1.